The third kappa shape index (κ3) is 1.89. The number of nitrogen functional groups attached to an aromatic ring is 1. The number of hydrogen-bond acceptors (Lipinski definition) is 4. The largest absolute Gasteiger partial charge is 0.384 e. The minimum absolute atomic E-state index is 0.0521. The van der Waals surface area contributed by atoms with Gasteiger partial charge in [-0.2, -0.15) is 0 Å². The molecule has 5 heteroatoms. The fourth-order valence-corrected chi connectivity index (χ4v) is 3.20. The number of pyridine rings is 1. The zero-order valence-electron chi connectivity index (χ0n) is 10.8. The number of anilines is 2. The highest BCUT2D eigenvalue weighted by atomic mass is 16.2. The van der Waals surface area contributed by atoms with Crippen LogP contribution in [0.1, 0.15) is 38.5 Å². The van der Waals surface area contributed by atoms with Gasteiger partial charge in [0.15, 0.2) is 0 Å². The second-order valence-corrected chi connectivity index (χ2v) is 5.49. The molecule has 0 atom stereocenters. The number of rotatable bonds is 1. The average molecular weight is 259 g/mol. The van der Waals surface area contributed by atoms with E-state index < -0.39 is 5.41 Å². The summed E-state index contributed by atoms with van der Waals surface area (Å²) in [6.45, 7) is 0. The first-order valence-corrected chi connectivity index (χ1v) is 6.71. The van der Waals surface area contributed by atoms with Gasteiger partial charge in [-0.15, -0.1) is 0 Å². The van der Waals surface area contributed by atoms with E-state index in [0.29, 0.717) is 17.9 Å². The maximum Gasteiger partial charge on any atom is 0.240 e. The Bertz CT molecular complexity index is 518. The van der Waals surface area contributed by atoms with Gasteiger partial charge in [0, 0.05) is 6.42 Å². The van der Waals surface area contributed by atoms with Gasteiger partial charge in [0.25, 0.3) is 0 Å². The van der Waals surface area contributed by atoms with E-state index in [1.54, 1.807) is 12.1 Å². The van der Waals surface area contributed by atoms with Gasteiger partial charge in [-0.25, -0.2) is 9.88 Å². The molecule has 100 valence electrons. The number of nitrogens with two attached hydrogens (primary N) is 1. The third-order valence-electron chi connectivity index (χ3n) is 4.24. The molecular formula is C14H17N3O2. The average Bonchev–Trinajstić information content (AvgIpc) is 2.64. The van der Waals surface area contributed by atoms with Crippen molar-refractivity contribution in [3.63, 3.8) is 0 Å². The first-order chi connectivity index (χ1) is 9.12. The van der Waals surface area contributed by atoms with Crippen molar-refractivity contribution in [2.75, 3.05) is 10.6 Å². The van der Waals surface area contributed by atoms with E-state index in [2.05, 4.69) is 4.98 Å². The lowest BCUT2D eigenvalue weighted by Gasteiger charge is -2.30. The summed E-state index contributed by atoms with van der Waals surface area (Å²) in [5, 5.41) is 0. The molecule has 2 heterocycles. The van der Waals surface area contributed by atoms with Gasteiger partial charge in [0.2, 0.25) is 11.8 Å². The van der Waals surface area contributed by atoms with Gasteiger partial charge in [-0.05, 0) is 25.0 Å². The lowest BCUT2D eigenvalue weighted by atomic mass is 9.73. The van der Waals surface area contributed by atoms with Crippen LogP contribution >= 0.6 is 0 Å². The molecule has 1 aromatic rings. The fraction of sp³-hybridized carbons (Fsp3) is 0.500. The van der Waals surface area contributed by atoms with Crippen LogP contribution in [0.15, 0.2) is 18.3 Å². The Morgan fingerprint density at radius 1 is 1.16 bits per heavy atom. The summed E-state index contributed by atoms with van der Waals surface area (Å²) < 4.78 is 0. The molecular weight excluding hydrogens is 242 g/mol. The number of carbonyl (C=O) groups is 2. The number of carbonyl (C=O) groups excluding carboxylic acids is 2. The molecule has 2 amide bonds. The second kappa shape index (κ2) is 4.33. The first-order valence-electron chi connectivity index (χ1n) is 6.71. The summed E-state index contributed by atoms with van der Waals surface area (Å²) in [6.07, 6.45) is 6.72. The van der Waals surface area contributed by atoms with Crippen LogP contribution in [0, 0.1) is 5.41 Å². The fourth-order valence-electron chi connectivity index (χ4n) is 3.20. The molecule has 19 heavy (non-hydrogen) atoms. The highest BCUT2D eigenvalue weighted by Crippen LogP contribution is 2.46. The van der Waals surface area contributed by atoms with E-state index in [-0.39, 0.29) is 11.8 Å². The van der Waals surface area contributed by atoms with Crippen molar-refractivity contribution in [2.45, 2.75) is 38.5 Å². The predicted octanol–water partition coefficient (Wildman–Crippen LogP) is 1.88. The zero-order valence-corrected chi connectivity index (χ0v) is 10.8. The van der Waals surface area contributed by atoms with Gasteiger partial charge < -0.3 is 5.73 Å². The molecule has 2 aliphatic rings. The van der Waals surface area contributed by atoms with E-state index in [1.165, 1.54) is 11.1 Å². The molecule has 1 aromatic heterocycles. The second-order valence-electron chi connectivity index (χ2n) is 5.49. The molecule has 2 fully saturated rings. The number of imide groups is 1. The molecule has 1 spiro atoms. The van der Waals surface area contributed by atoms with E-state index in [1.807, 2.05) is 0 Å². The van der Waals surface area contributed by atoms with Crippen molar-refractivity contribution in [3.05, 3.63) is 18.3 Å². The molecule has 0 unspecified atom stereocenters. The lowest BCUT2D eigenvalue weighted by molar-refractivity contribution is -0.127. The Hall–Kier alpha value is -1.91. The summed E-state index contributed by atoms with van der Waals surface area (Å²) in [5.74, 6) is 0.220. The standard InChI is InChI=1S/C14H17N3O2/c15-11-5-4-10(9-16-11)17-12(18)8-14(13(17)19)6-2-1-3-7-14/h4-5,9H,1-3,6-8H2,(H2,15,16). The summed E-state index contributed by atoms with van der Waals surface area (Å²) in [6, 6.07) is 3.29. The molecule has 5 nitrogen and oxygen atoms in total. The Morgan fingerprint density at radius 3 is 2.53 bits per heavy atom. The van der Waals surface area contributed by atoms with E-state index in [4.69, 9.17) is 5.73 Å². The molecule has 3 rings (SSSR count). The molecule has 0 radical (unpaired) electrons. The summed E-state index contributed by atoms with van der Waals surface area (Å²) in [7, 11) is 0. The van der Waals surface area contributed by atoms with E-state index >= 15 is 0 Å². The quantitative estimate of drug-likeness (QED) is 0.781. The van der Waals surface area contributed by atoms with Crippen molar-refractivity contribution in [1.29, 1.82) is 0 Å². The summed E-state index contributed by atoms with van der Waals surface area (Å²) in [4.78, 5) is 30.1. The van der Waals surface area contributed by atoms with Crippen LogP contribution in [0.3, 0.4) is 0 Å². The van der Waals surface area contributed by atoms with Crippen molar-refractivity contribution in [1.82, 2.24) is 4.98 Å². The van der Waals surface area contributed by atoms with Crippen LogP contribution in [0.25, 0.3) is 0 Å². The van der Waals surface area contributed by atoms with Gasteiger partial charge in [-0.3, -0.25) is 9.59 Å². The Balaban J connectivity index is 1.92. The van der Waals surface area contributed by atoms with E-state index in [0.717, 1.165) is 32.1 Å². The molecule has 1 saturated heterocycles. The number of nitrogens with zero attached hydrogens (tertiary/aromatic N) is 2. The predicted molar refractivity (Wildman–Crippen MR) is 71.3 cm³/mol. The van der Waals surface area contributed by atoms with Crippen molar-refractivity contribution < 1.29 is 9.59 Å². The van der Waals surface area contributed by atoms with Crippen LogP contribution in [0.5, 0.6) is 0 Å². The Labute approximate surface area is 111 Å². The van der Waals surface area contributed by atoms with Crippen LogP contribution in [-0.2, 0) is 9.59 Å². The van der Waals surface area contributed by atoms with E-state index in [9.17, 15) is 9.59 Å². The molecule has 1 aliphatic carbocycles. The number of amides is 2. The topological polar surface area (TPSA) is 76.3 Å². The van der Waals surface area contributed by atoms with Crippen LogP contribution in [0.4, 0.5) is 11.5 Å². The van der Waals surface area contributed by atoms with Gasteiger partial charge in [-0.1, -0.05) is 19.3 Å². The Morgan fingerprint density at radius 2 is 1.89 bits per heavy atom. The van der Waals surface area contributed by atoms with Crippen molar-refractivity contribution >= 4 is 23.3 Å². The Kier molecular flexibility index (Phi) is 2.77. The van der Waals surface area contributed by atoms with Crippen molar-refractivity contribution in [2.24, 2.45) is 5.41 Å². The zero-order chi connectivity index (χ0) is 13.5. The smallest absolute Gasteiger partial charge is 0.240 e. The first kappa shape index (κ1) is 12.1. The van der Waals surface area contributed by atoms with Crippen LogP contribution in [-0.4, -0.2) is 16.8 Å². The maximum atomic E-state index is 12.6. The normalized spacial score (nSPS) is 22.2. The third-order valence-corrected chi connectivity index (χ3v) is 4.24. The summed E-state index contributed by atoms with van der Waals surface area (Å²) >= 11 is 0. The summed E-state index contributed by atoms with van der Waals surface area (Å²) in [5.41, 5.74) is 5.62. The molecule has 2 N–H and O–H groups in total. The number of aromatic nitrogens is 1. The highest BCUT2D eigenvalue weighted by Gasteiger charge is 2.52. The molecule has 0 aromatic carbocycles. The van der Waals surface area contributed by atoms with Gasteiger partial charge in [0.1, 0.15) is 5.82 Å². The molecule has 0 bridgehead atoms. The SMILES string of the molecule is Nc1ccc(N2C(=O)CC3(CCCCC3)C2=O)cn1. The maximum absolute atomic E-state index is 12.6. The number of hydrogen-bond donors (Lipinski definition) is 1. The molecule has 1 aliphatic heterocycles. The van der Waals surface area contributed by atoms with Gasteiger partial charge >= 0.3 is 0 Å². The van der Waals surface area contributed by atoms with Gasteiger partial charge in [0.05, 0.1) is 17.3 Å². The van der Waals surface area contributed by atoms with Crippen LogP contribution < -0.4 is 10.6 Å². The molecule has 1 saturated carbocycles. The van der Waals surface area contributed by atoms with Crippen molar-refractivity contribution in [3.8, 4) is 0 Å². The minimum Gasteiger partial charge on any atom is -0.384 e. The lowest BCUT2D eigenvalue weighted by Crippen LogP contribution is -2.37. The minimum atomic E-state index is -0.448. The van der Waals surface area contributed by atoms with Crippen LogP contribution in [0.2, 0.25) is 0 Å². The monoisotopic (exact) mass is 259 g/mol. The highest BCUT2D eigenvalue weighted by molar-refractivity contribution is 6.22.